The predicted octanol–water partition coefficient (Wildman–Crippen LogP) is 4.22. The average molecular weight is 520 g/mol. The van der Waals surface area contributed by atoms with Crippen molar-refractivity contribution < 1.29 is 13.9 Å². The number of aromatic amines is 1. The van der Waals surface area contributed by atoms with Gasteiger partial charge in [0.1, 0.15) is 17.7 Å². The minimum Gasteiger partial charge on any atom is -0.491 e. The smallest absolute Gasteiger partial charge is 0.256 e. The Bertz CT molecular complexity index is 1670. The lowest BCUT2D eigenvalue weighted by Crippen LogP contribution is -2.55. The molecule has 1 fully saturated rings. The number of rotatable bonds is 2. The molecule has 8 nitrogen and oxygen atoms in total. The second kappa shape index (κ2) is 8.85. The van der Waals surface area contributed by atoms with E-state index in [1.807, 2.05) is 19.1 Å². The molecule has 1 unspecified atom stereocenters. The van der Waals surface area contributed by atoms with Crippen LogP contribution < -0.4 is 15.2 Å². The molecule has 4 aromatic rings. The highest BCUT2D eigenvalue weighted by Crippen LogP contribution is 2.48. The Morgan fingerprint density at radius 3 is 2.89 bits per heavy atom. The number of pyridine rings is 1. The lowest BCUT2D eigenvalue weighted by molar-refractivity contribution is -0.126. The summed E-state index contributed by atoms with van der Waals surface area (Å²) >= 11 is 6.93. The van der Waals surface area contributed by atoms with Gasteiger partial charge in [0, 0.05) is 43.4 Å². The molecule has 10 heteroatoms. The summed E-state index contributed by atoms with van der Waals surface area (Å²) < 4.78 is 22.6. The molecule has 2 aromatic carbocycles. The van der Waals surface area contributed by atoms with Crippen LogP contribution in [-0.2, 0) is 4.79 Å². The normalized spacial score (nSPS) is 17.2. The highest BCUT2D eigenvalue weighted by atomic mass is 35.5. The lowest BCUT2D eigenvalue weighted by Gasteiger charge is -2.43. The van der Waals surface area contributed by atoms with E-state index in [4.69, 9.17) is 16.3 Å². The highest BCUT2D eigenvalue weighted by Gasteiger charge is 2.35. The summed E-state index contributed by atoms with van der Waals surface area (Å²) in [6, 6.07) is 5.34. The van der Waals surface area contributed by atoms with Crippen LogP contribution in [0.25, 0.3) is 32.8 Å². The number of fused-ring (bicyclic) bond motifs is 3. The number of aryl methyl sites for hydroxylation is 1. The zero-order chi connectivity index (χ0) is 25.8. The Morgan fingerprint density at radius 2 is 2.08 bits per heavy atom. The number of hydrogen-bond donors (Lipinski definition) is 1. The number of carbonyl (C=O) groups is 1. The van der Waals surface area contributed by atoms with E-state index < -0.39 is 5.82 Å². The molecule has 188 valence electrons. The van der Waals surface area contributed by atoms with Crippen molar-refractivity contribution in [3.63, 3.8) is 0 Å². The molecular weight excluding hydrogens is 497 g/mol. The standard InChI is InChI=1S/C27H23ClFN5O3/c1-3-17(35)33-9-10-34-16(12-33)7-11-37-25-21-24(31-13-32-26(21)34)23(29)20(22(25)28)18-14(2)4-5-15-6-8-30-27(36)19(15)18/h3-6,8,13,16H,1,7,9-12H2,2H3,(H,30,36). The van der Waals surface area contributed by atoms with E-state index in [2.05, 4.69) is 26.4 Å². The monoisotopic (exact) mass is 519 g/mol. The van der Waals surface area contributed by atoms with E-state index >= 15 is 4.39 Å². The summed E-state index contributed by atoms with van der Waals surface area (Å²) in [5, 5.41) is 1.47. The summed E-state index contributed by atoms with van der Waals surface area (Å²) in [5.74, 6) is 0.0215. The van der Waals surface area contributed by atoms with Crippen LogP contribution in [0, 0.1) is 12.7 Å². The average Bonchev–Trinajstić information content (AvgIpc) is 2.90. The summed E-state index contributed by atoms with van der Waals surface area (Å²) in [6.07, 6.45) is 4.79. The van der Waals surface area contributed by atoms with E-state index in [0.29, 0.717) is 65.8 Å². The van der Waals surface area contributed by atoms with Gasteiger partial charge in [-0.1, -0.05) is 30.3 Å². The fourth-order valence-electron chi connectivity index (χ4n) is 5.48. The van der Waals surface area contributed by atoms with Crippen LogP contribution >= 0.6 is 11.6 Å². The molecule has 4 heterocycles. The maximum Gasteiger partial charge on any atom is 0.256 e. The first-order valence-electron chi connectivity index (χ1n) is 12.0. The maximum absolute atomic E-state index is 16.4. The van der Waals surface area contributed by atoms with Crippen LogP contribution in [0.3, 0.4) is 0 Å². The third-order valence-corrected chi connectivity index (χ3v) is 7.60. The number of carbonyl (C=O) groups excluding carboxylic acids is 1. The first-order valence-corrected chi connectivity index (χ1v) is 12.4. The summed E-state index contributed by atoms with van der Waals surface area (Å²) in [5.41, 5.74) is 0.897. The minimum absolute atomic E-state index is 0.0633. The third kappa shape index (κ3) is 3.56. The van der Waals surface area contributed by atoms with Gasteiger partial charge in [-0.05, 0) is 30.0 Å². The van der Waals surface area contributed by atoms with Crippen molar-refractivity contribution in [3.8, 4) is 16.9 Å². The molecule has 0 saturated carbocycles. The van der Waals surface area contributed by atoms with Gasteiger partial charge >= 0.3 is 0 Å². The van der Waals surface area contributed by atoms with Gasteiger partial charge in [-0.3, -0.25) is 9.59 Å². The largest absolute Gasteiger partial charge is 0.491 e. The topological polar surface area (TPSA) is 91.4 Å². The number of H-pyrrole nitrogens is 1. The van der Waals surface area contributed by atoms with Crippen LogP contribution in [0.5, 0.6) is 5.75 Å². The molecule has 6 rings (SSSR count). The Labute approximate surface area is 216 Å². The number of nitrogens with zero attached hydrogens (tertiary/aromatic N) is 4. The number of ether oxygens (including phenoxy) is 1. The van der Waals surface area contributed by atoms with Gasteiger partial charge in [0.05, 0.1) is 28.4 Å². The lowest BCUT2D eigenvalue weighted by atomic mass is 9.93. The molecule has 1 N–H and O–H groups in total. The van der Waals surface area contributed by atoms with Crippen molar-refractivity contribution in [2.45, 2.75) is 19.4 Å². The van der Waals surface area contributed by atoms with E-state index in [9.17, 15) is 9.59 Å². The Kier molecular flexibility index (Phi) is 5.60. The van der Waals surface area contributed by atoms with Crippen molar-refractivity contribution >= 4 is 45.0 Å². The summed E-state index contributed by atoms with van der Waals surface area (Å²) in [6.45, 7) is 7.16. The molecule has 1 saturated heterocycles. The molecule has 0 radical (unpaired) electrons. The first kappa shape index (κ1) is 23.4. The second-order valence-electron chi connectivity index (χ2n) is 9.25. The Hall–Kier alpha value is -3.98. The van der Waals surface area contributed by atoms with Gasteiger partial charge in [0.2, 0.25) is 5.91 Å². The van der Waals surface area contributed by atoms with Crippen molar-refractivity contribution in [3.05, 3.63) is 70.1 Å². The number of piperazine rings is 1. The van der Waals surface area contributed by atoms with E-state index in [1.165, 1.54) is 12.4 Å². The number of hydrogen-bond acceptors (Lipinski definition) is 6. The second-order valence-corrected chi connectivity index (χ2v) is 9.63. The SMILES string of the molecule is C=CC(=O)N1CCN2c3ncnc4c(F)c(-c5c(C)ccc6cc[nH]c(=O)c56)c(Cl)c(c34)OCCC2C1. The molecule has 2 aliphatic heterocycles. The highest BCUT2D eigenvalue weighted by molar-refractivity contribution is 6.37. The van der Waals surface area contributed by atoms with E-state index in [0.717, 1.165) is 0 Å². The zero-order valence-corrected chi connectivity index (χ0v) is 20.8. The molecular formula is C27H23ClFN5O3. The predicted molar refractivity (Wildman–Crippen MR) is 141 cm³/mol. The number of aromatic nitrogens is 3. The van der Waals surface area contributed by atoms with Gasteiger partial charge < -0.3 is 19.5 Å². The number of anilines is 1. The number of amides is 1. The molecule has 2 aliphatic rings. The van der Waals surface area contributed by atoms with Crippen LogP contribution in [-0.4, -0.2) is 58.0 Å². The number of nitrogens with one attached hydrogen (secondary N) is 1. The molecule has 37 heavy (non-hydrogen) atoms. The van der Waals surface area contributed by atoms with Gasteiger partial charge in [0.25, 0.3) is 5.56 Å². The summed E-state index contributed by atoms with van der Waals surface area (Å²) in [7, 11) is 0. The van der Waals surface area contributed by atoms with Crippen molar-refractivity contribution in [2.24, 2.45) is 0 Å². The van der Waals surface area contributed by atoms with Crippen LogP contribution in [0.15, 0.2) is 48.2 Å². The number of halogens is 2. The summed E-state index contributed by atoms with van der Waals surface area (Å²) in [4.78, 5) is 40.4. The molecule has 0 bridgehead atoms. The van der Waals surface area contributed by atoms with Crippen LogP contribution in [0.4, 0.5) is 10.2 Å². The van der Waals surface area contributed by atoms with E-state index in [-0.39, 0.29) is 39.4 Å². The molecule has 2 aromatic heterocycles. The fourth-order valence-corrected chi connectivity index (χ4v) is 5.80. The quantitative estimate of drug-likeness (QED) is 0.399. The van der Waals surface area contributed by atoms with Gasteiger partial charge in [-0.15, -0.1) is 0 Å². The minimum atomic E-state index is -0.646. The van der Waals surface area contributed by atoms with Gasteiger partial charge in [0.15, 0.2) is 11.6 Å². The third-order valence-electron chi connectivity index (χ3n) is 7.24. The Balaban J connectivity index is 1.61. The first-order chi connectivity index (χ1) is 17.9. The molecule has 0 spiro atoms. The van der Waals surface area contributed by atoms with Gasteiger partial charge in [-0.25, -0.2) is 14.4 Å². The molecule has 1 atom stereocenters. The van der Waals surface area contributed by atoms with E-state index in [1.54, 1.807) is 17.2 Å². The van der Waals surface area contributed by atoms with Crippen LogP contribution in [0.2, 0.25) is 5.02 Å². The van der Waals surface area contributed by atoms with Crippen molar-refractivity contribution in [2.75, 3.05) is 31.1 Å². The van der Waals surface area contributed by atoms with Crippen molar-refractivity contribution in [1.29, 1.82) is 0 Å². The zero-order valence-electron chi connectivity index (χ0n) is 20.1. The maximum atomic E-state index is 16.4. The molecule has 1 amide bonds. The number of benzene rings is 2. The Morgan fingerprint density at radius 1 is 1.24 bits per heavy atom. The van der Waals surface area contributed by atoms with Crippen molar-refractivity contribution in [1.82, 2.24) is 19.9 Å². The molecule has 0 aliphatic carbocycles. The van der Waals surface area contributed by atoms with Crippen LogP contribution in [0.1, 0.15) is 12.0 Å². The van der Waals surface area contributed by atoms with Gasteiger partial charge in [-0.2, -0.15) is 0 Å². The fraction of sp³-hybridized carbons (Fsp3) is 0.259.